The van der Waals surface area contributed by atoms with E-state index in [4.69, 9.17) is 4.74 Å². The van der Waals surface area contributed by atoms with Crippen LogP contribution in [-0.4, -0.2) is 32.6 Å². The molecule has 5 rings (SSSR count). The fourth-order valence-electron chi connectivity index (χ4n) is 4.67. The summed E-state index contributed by atoms with van der Waals surface area (Å²) in [5.41, 5.74) is 1.18. The Labute approximate surface area is 207 Å². The van der Waals surface area contributed by atoms with Gasteiger partial charge in [0, 0.05) is 18.7 Å². The number of hydrogen-bond donors (Lipinski definition) is 2. The van der Waals surface area contributed by atoms with E-state index in [0.29, 0.717) is 6.42 Å². The van der Waals surface area contributed by atoms with Crippen molar-refractivity contribution in [3.05, 3.63) is 141 Å². The molecule has 0 spiro atoms. The largest absolute Gasteiger partial charge is 0.392 e. The molecule has 2 N–H and O–H groups in total. The van der Waals surface area contributed by atoms with Crippen molar-refractivity contribution in [2.24, 2.45) is 0 Å². The maximum Gasteiger partial charge on any atom is 0.329 e. The highest BCUT2D eigenvalue weighted by atomic mass is 32.2. The molecule has 0 unspecified atom stereocenters. The minimum Gasteiger partial charge on any atom is -0.392 e. The van der Waals surface area contributed by atoms with E-state index in [1.807, 2.05) is 54.6 Å². The van der Waals surface area contributed by atoms with Crippen LogP contribution < -0.4 is 11.2 Å². The normalized spacial score (nSPS) is 20.1. The van der Waals surface area contributed by atoms with Crippen molar-refractivity contribution in [3.8, 4) is 0 Å². The van der Waals surface area contributed by atoms with Gasteiger partial charge in [0.05, 0.1) is 23.3 Å². The Hall–Kier alpha value is -3.39. The van der Waals surface area contributed by atoms with Gasteiger partial charge in [-0.2, -0.15) is 0 Å². The molecule has 35 heavy (non-hydrogen) atoms. The van der Waals surface area contributed by atoms with Gasteiger partial charge in [-0.15, -0.1) is 11.8 Å². The van der Waals surface area contributed by atoms with Crippen LogP contribution in [0.25, 0.3) is 0 Å². The predicted molar refractivity (Wildman–Crippen MR) is 138 cm³/mol. The smallest absolute Gasteiger partial charge is 0.329 e. The molecule has 0 radical (unpaired) electrons. The van der Waals surface area contributed by atoms with Gasteiger partial charge in [0.1, 0.15) is 5.60 Å². The number of H-pyrrole nitrogens is 1. The standard InChI is InChI=1S/C28H26N2O4S/c31-23-18-26(30-17-16-25(32)29-27(30)33)35-24(23)19-34-28(20-10-4-1-5-11-20,21-12-6-2-7-13-21)22-14-8-3-9-15-22/h1-17,23-24,26,31H,18-19H2,(H,29,32,33)/t23-,24-,26-/m1/s1. The number of nitrogens with one attached hydrogen (secondary N) is 1. The lowest BCUT2D eigenvalue weighted by Crippen LogP contribution is -2.36. The van der Waals surface area contributed by atoms with Gasteiger partial charge in [0.2, 0.25) is 0 Å². The number of hydrogen-bond acceptors (Lipinski definition) is 5. The summed E-state index contributed by atoms with van der Waals surface area (Å²) in [5.74, 6) is 0. The second kappa shape index (κ2) is 10.1. The monoisotopic (exact) mass is 486 g/mol. The zero-order chi connectivity index (χ0) is 24.3. The molecule has 1 aliphatic rings. The number of aliphatic hydroxyl groups excluding tert-OH is 1. The molecule has 3 atom stereocenters. The minimum absolute atomic E-state index is 0.255. The maximum absolute atomic E-state index is 12.3. The lowest BCUT2D eigenvalue weighted by atomic mass is 9.80. The van der Waals surface area contributed by atoms with Crippen molar-refractivity contribution < 1.29 is 9.84 Å². The molecule has 178 valence electrons. The van der Waals surface area contributed by atoms with E-state index in [2.05, 4.69) is 41.4 Å². The summed E-state index contributed by atoms with van der Waals surface area (Å²) in [6.45, 7) is 0.263. The Morgan fingerprint density at radius 3 is 1.86 bits per heavy atom. The van der Waals surface area contributed by atoms with Crippen LogP contribution in [0.5, 0.6) is 0 Å². The third kappa shape index (κ3) is 4.62. The molecule has 1 aliphatic heterocycles. The number of aromatic amines is 1. The molecule has 1 aromatic heterocycles. The molecule has 1 saturated heterocycles. The average molecular weight is 487 g/mol. The van der Waals surface area contributed by atoms with Crippen LogP contribution in [-0.2, 0) is 10.3 Å². The van der Waals surface area contributed by atoms with Gasteiger partial charge in [-0.05, 0) is 16.7 Å². The number of benzene rings is 3. The van der Waals surface area contributed by atoms with Crippen LogP contribution in [0.3, 0.4) is 0 Å². The van der Waals surface area contributed by atoms with Crippen molar-refractivity contribution in [1.29, 1.82) is 0 Å². The molecule has 3 aromatic carbocycles. The Morgan fingerprint density at radius 1 is 0.857 bits per heavy atom. The van der Waals surface area contributed by atoms with Gasteiger partial charge in [0.25, 0.3) is 5.56 Å². The summed E-state index contributed by atoms with van der Waals surface area (Å²) in [7, 11) is 0. The third-order valence-corrected chi connectivity index (χ3v) is 7.90. The Bertz CT molecular complexity index is 1280. The van der Waals surface area contributed by atoms with Crippen molar-refractivity contribution in [3.63, 3.8) is 0 Å². The highest BCUT2D eigenvalue weighted by Gasteiger charge is 2.41. The number of aromatic nitrogens is 2. The summed E-state index contributed by atoms with van der Waals surface area (Å²) >= 11 is 1.48. The number of thioether (sulfide) groups is 1. The first-order chi connectivity index (χ1) is 17.1. The highest BCUT2D eigenvalue weighted by molar-refractivity contribution is 8.00. The number of nitrogens with zero attached hydrogens (tertiary/aromatic N) is 1. The van der Waals surface area contributed by atoms with Crippen LogP contribution in [0, 0.1) is 0 Å². The van der Waals surface area contributed by atoms with Crippen LogP contribution >= 0.6 is 11.8 Å². The van der Waals surface area contributed by atoms with E-state index in [0.717, 1.165) is 16.7 Å². The number of ether oxygens (including phenoxy) is 1. The molecule has 0 bridgehead atoms. The molecule has 0 amide bonds. The van der Waals surface area contributed by atoms with Crippen molar-refractivity contribution >= 4 is 11.8 Å². The van der Waals surface area contributed by atoms with Gasteiger partial charge < -0.3 is 9.84 Å². The second-order valence-electron chi connectivity index (χ2n) is 8.54. The summed E-state index contributed by atoms with van der Waals surface area (Å²) in [4.78, 5) is 26.0. The molecule has 0 saturated carbocycles. The third-order valence-electron chi connectivity index (χ3n) is 6.37. The second-order valence-corrected chi connectivity index (χ2v) is 9.96. The fourth-order valence-corrected chi connectivity index (χ4v) is 6.11. The highest BCUT2D eigenvalue weighted by Crippen LogP contribution is 2.45. The van der Waals surface area contributed by atoms with Crippen molar-refractivity contribution in [2.45, 2.75) is 28.7 Å². The lowest BCUT2D eigenvalue weighted by molar-refractivity contribution is -0.000643. The average Bonchev–Trinajstić information content (AvgIpc) is 3.26. The number of aliphatic hydroxyl groups is 1. The molecule has 0 aliphatic carbocycles. The van der Waals surface area contributed by atoms with Crippen molar-refractivity contribution in [2.75, 3.05) is 6.61 Å². The topological polar surface area (TPSA) is 84.3 Å². The fraction of sp³-hybridized carbons (Fsp3) is 0.214. The van der Waals surface area contributed by atoms with Gasteiger partial charge in [-0.25, -0.2) is 4.79 Å². The van der Waals surface area contributed by atoms with Gasteiger partial charge in [0.15, 0.2) is 0 Å². The molecule has 7 heteroatoms. The molecular formula is C28H26N2O4S. The van der Waals surface area contributed by atoms with E-state index < -0.39 is 23.0 Å². The lowest BCUT2D eigenvalue weighted by Gasteiger charge is -2.37. The van der Waals surface area contributed by atoms with Crippen LogP contribution in [0.15, 0.2) is 113 Å². The first kappa shape index (κ1) is 23.4. The summed E-state index contributed by atoms with van der Waals surface area (Å²) in [6.07, 6.45) is 1.21. The van der Waals surface area contributed by atoms with E-state index in [1.165, 1.54) is 28.6 Å². The quantitative estimate of drug-likeness (QED) is 0.387. The molecule has 6 nitrogen and oxygen atoms in total. The zero-order valence-corrected chi connectivity index (χ0v) is 19.8. The van der Waals surface area contributed by atoms with E-state index in [9.17, 15) is 14.7 Å². The minimum atomic E-state index is -0.878. The Balaban J connectivity index is 1.50. The SMILES string of the molecule is O=c1ccn([C@H]2C[C@@H](O)[C@@H](COC(c3ccccc3)(c3ccccc3)c3ccccc3)S2)c(=O)[nH]1. The summed E-state index contributed by atoms with van der Waals surface area (Å²) in [5, 5.41) is 10.3. The van der Waals surface area contributed by atoms with Gasteiger partial charge in [-0.3, -0.25) is 14.3 Å². The molecule has 4 aromatic rings. The molecule has 2 heterocycles. The predicted octanol–water partition coefficient (Wildman–Crippen LogP) is 3.91. The Morgan fingerprint density at radius 2 is 1.37 bits per heavy atom. The van der Waals surface area contributed by atoms with Crippen molar-refractivity contribution in [1.82, 2.24) is 9.55 Å². The Kier molecular flexibility index (Phi) is 6.72. The van der Waals surface area contributed by atoms with Crippen LogP contribution in [0.2, 0.25) is 0 Å². The van der Waals surface area contributed by atoms with Crippen LogP contribution in [0.4, 0.5) is 0 Å². The number of rotatable bonds is 7. The zero-order valence-electron chi connectivity index (χ0n) is 19.0. The van der Waals surface area contributed by atoms with Gasteiger partial charge >= 0.3 is 5.69 Å². The van der Waals surface area contributed by atoms with Gasteiger partial charge in [-0.1, -0.05) is 91.0 Å². The molecular weight excluding hydrogens is 460 g/mol. The summed E-state index contributed by atoms with van der Waals surface area (Å²) < 4.78 is 8.32. The summed E-state index contributed by atoms with van der Waals surface area (Å²) in [6, 6.07) is 31.6. The maximum atomic E-state index is 12.3. The first-order valence-electron chi connectivity index (χ1n) is 11.5. The molecule has 1 fully saturated rings. The van der Waals surface area contributed by atoms with E-state index >= 15 is 0 Å². The van der Waals surface area contributed by atoms with Crippen LogP contribution in [0.1, 0.15) is 28.5 Å². The first-order valence-corrected chi connectivity index (χ1v) is 12.5. The van der Waals surface area contributed by atoms with E-state index in [-0.39, 0.29) is 17.2 Å². The van der Waals surface area contributed by atoms with E-state index in [1.54, 1.807) is 0 Å².